The van der Waals surface area contributed by atoms with Crippen molar-refractivity contribution in [3.8, 4) is 16.9 Å². The Hall–Kier alpha value is -4.80. The van der Waals surface area contributed by atoms with Gasteiger partial charge < -0.3 is 19.3 Å². The zero-order valence-electron chi connectivity index (χ0n) is 29.1. The van der Waals surface area contributed by atoms with Crippen LogP contribution in [0.15, 0.2) is 42.5 Å². The van der Waals surface area contributed by atoms with Gasteiger partial charge in [0.15, 0.2) is 5.69 Å². The summed E-state index contributed by atoms with van der Waals surface area (Å²) in [6.07, 6.45) is 1.25. The van der Waals surface area contributed by atoms with E-state index in [9.17, 15) is 14.7 Å². The fourth-order valence-electron chi connectivity index (χ4n) is 7.52. The molecule has 1 aliphatic rings. The minimum absolute atomic E-state index is 0.0219. The van der Waals surface area contributed by atoms with E-state index in [0.29, 0.717) is 53.3 Å². The van der Waals surface area contributed by atoms with E-state index in [1.807, 2.05) is 69.8 Å². The molecule has 4 heterocycles. The van der Waals surface area contributed by atoms with Crippen LogP contribution >= 0.6 is 23.2 Å². The molecule has 0 saturated heterocycles. The van der Waals surface area contributed by atoms with E-state index in [-0.39, 0.29) is 17.6 Å². The molecule has 0 unspecified atom stereocenters. The number of hydrogen-bond acceptors (Lipinski definition) is 5. The Morgan fingerprint density at radius 3 is 2.32 bits per heavy atom. The van der Waals surface area contributed by atoms with E-state index in [1.165, 1.54) is 0 Å². The van der Waals surface area contributed by atoms with Crippen molar-refractivity contribution in [2.45, 2.75) is 53.5 Å². The third kappa shape index (κ3) is 5.32. The number of ether oxygens (including phenoxy) is 1. The number of aromatic carboxylic acids is 1. The molecule has 0 bridgehead atoms. The summed E-state index contributed by atoms with van der Waals surface area (Å²) >= 11 is 13.4. The quantitative estimate of drug-likeness (QED) is 0.159. The summed E-state index contributed by atoms with van der Waals surface area (Å²) in [5.41, 5.74) is 9.34. The number of carbonyl (C=O) groups excluding carboxylic acids is 1. The van der Waals surface area contributed by atoms with E-state index >= 15 is 0 Å². The second-order valence-electron chi connectivity index (χ2n) is 13.3. The Kier molecular flexibility index (Phi) is 8.43. The number of halogens is 2. The summed E-state index contributed by atoms with van der Waals surface area (Å²) in [6.45, 7) is 10.9. The second-order valence-corrected chi connectivity index (χ2v) is 14.0. The van der Waals surface area contributed by atoms with Crippen LogP contribution in [0.3, 0.4) is 0 Å². The number of nitrogens with zero attached hydrogens (tertiary/aromatic N) is 6. The number of aryl methyl sites for hydroxylation is 6. The molecule has 3 aromatic carbocycles. The van der Waals surface area contributed by atoms with Crippen LogP contribution in [0.2, 0.25) is 10.0 Å². The number of hydrogen-bond donors (Lipinski definition) is 1. The molecule has 1 amide bonds. The van der Waals surface area contributed by atoms with E-state index in [2.05, 4.69) is 16.6 Å². The van der Waals surface area contributed by atoms with Crippen molar-refractivity contribution < 1.29 is 19.4 Å². The van der Waals surface area contributed by atoms with Crippen molar-refractivity contribution in [3.05, 3.63) is 92.0 Å². The summed E-state index contributed by atoms with van der Waals surface area (Å²) in [5, 5.41) is 21.4. The fourth-order valence-corrected chi connectivity index (χ4v) is 7.88. The highest BCUT2D eigenvalue weighted by molar-refractivity contribution is 6.35. The molecule has 0 aliphatic carbocycles. The number of carbonyl (C=O) groups is 2. The number of fused-ring (bicyclic) bond motifs is 4. The fraction of sp³-hybridized carbons (Fsp3) is 0.316. The lowest BCUT2D eigenvalue weighted by Gasteiger charge is -2.34. The van der Waals surface area contributed by atoms with Gasteiger partial charge in [-0.3, -0.25) is 14.2 Å². The van der Waals surface area contributed by atoms with Crippen LogP contribution in [-0.4, -0.2) is 54.3 Å². The van der Waals surface area contributed by atoms with Gasteiger partial charge in [-0.1, -0.05) is 29.3 Å². The number of carboxylic acid groups (broad SMARTS) is 1. The Bertz CT molecular complexity index is 2360. The van der Waals surface area contributed by atoms with Gasteiger partial charge in [-0.2, -0.15) is 10.2 Å². The van der Waals surface area contributed by atoms with Gasteiger partial charge in [0.1, 0.15) is 11.4 Å². The molecule has 258 valence electrons. The monoisotopic (exact) mass is 712 g/mol. The maximum absolute atomic E-state index is 14.8. The van der Waals surface area contributed by atoms with Crippen LogP contribution in [0.5, 0.6) is 5.75 Å². The molecule has 1 atom stereocenters. The van der Waals surface area contributed by atoms with Gasteiger partial charge in [-0.15, -0.1) is 0 Å². The van der Waals surface area contributed by atoms with Crippen molar-refractivity contribution >= 4 is 62.6 Å². The zero-order valence-corrected chi connectivity index (χ0v) is 30.6. The average molecular weight is 714 g/mol. The van der Waals surface area contributed by atoms with Crippen LogP contribution in [0.25, 0.3) is 32.9 Å². The van der Waals surface area contributed by atoms with E-state index in [0.717, 1.165) is 60.9 Å². The molecule has 0 saturated carbocycles. The van der Waals surface area contributed by atoms with Gasteiger partial charge in [-0.25, -0.2) is 4.79 Å². The van der Waals surface area contributed by atoms with Crippen molar-refractivity contribution in [2.24, 2.45) is 14.1 Å². The maximum atomic E-state index is 14.8. The molecule has 0 radical (unpaired) electrons. The van der Waals surface area contributed by atoms with Crippen LogP contribution in [-0.2, 0) is 20.5 Å². The molecule has 6 aromatic rings. The van der Waals surface area contributed by atoms with Crippen molar-refractivity contribution in [3.63, 3.8) is 0 Å². The standard InChI is InChI=1S/C38H38Cl2N6O4/c1-19-15-25(16-20(2)33(19)40)50-14-8-9-26-27-12-13-29(39)32(31-22(4)41-43(6)23(31)5)35(27)46-21(3)18-45(37(47)36(26)46)24-10-11-28-30(17-24)44(7)42-34(28)38(48)49/h10-13,15-17,21H,8-9,14,18H2,1-7H3,(H,48,49)/t21-/m1/s1. The van der Waals surface area contributed by atoms with Crippen LogP contribution in [0.1, 0.15) is 68.4 Å². The molecule has 50 heavy (non-hydrogen) atoms. The number of amides is 1. The van der Waals surface area contributed by atoms with E-state index < -0.39 is 5.97 Å². The second kappa shape index (κ2) is 12.5. The Morgan fingerprint density at radius 1 is 0.960 bits per heavy atom. The highest BCUT2D eigenvalue weighted by Crippen LogP contribution is 2.45. The maximum Gasteiger partial charge on any atom is 0.357 e. The first kappa shape index (κ1) is 33.7. The number of carboxylic acids is 1. The molecule has 7 rings (SSSR count). The lowest BCUT2D eigenvalue weighted by atomic mass is 9.98. The van der Waals surface area contributed by atoms with Crippen molar-refractivity contribution in [1.82, 2.24) is 24.1 Å². The Labute approximate surface area is 299 Å². The predicted octanol–water partition coefficient (Wildman–Crippen LogP) is 8.40. The Balaban J connectivity index is 1.35. The summed E-state index contributed by atoms with van der Waals surface area (Å²) in [7, 11) is 3.63. The number of anilines is 1. The average Bonchev–Trinajstić information content (AvgIpc) is 3.67. The van der Waals surface area contributed by atoms with Crippen LogP contribution in [0, 0.1) is 27.7 Å². The Morgan fingerprint density at radius 2 is 1.66 bits per heavy atom. The molecular weight excluding hydrogens is 675 g/mol. The van der Waals surface area contributed by atoms with Crippen molar-refractivity contribution in [1.29, 1.82) is 0 Å². The van der Waals surface area contributed by atoms with Gasteiger partial charge >= 0.3 is 5.97 Å². The predicted molar refractivity (Wildman–Crippen MR) is 197 cm³/mol. The van der Waals surface area contributed by atoms with Gasteiger partial charge in [0, 0.05) is 65.0 Å². The lowest BCUT2D eigenvalue weighted by Crippen LogP contribution is -2.42. The number of aromatic nitrogens is 5. The lowest BCUT2D eigenvalue weighted by molar-refractivity contribution is 0.0691. The molecule has 0 spiro atoms. The summed E-state index contributed by atoms with van der Waals surface area (Å²) < 4.78 is 11.8. The molecule has 1 aliphatic heterocycles. The first-order valence-electron chi connectivity index (χ1n) is 16.6. The summed E-state index contributed by atoms with van der Waals surface area (Å²) in [5.74, 6) is -0.475. The van der Waals surface area contributed by atoms with Gasteiger partial charge in [0.05, 0.1) is 28.4 Å². The zero-order chi connectivity index (χ0) is 35.8. The SMILES string of the molecule is Cc1cc(OCCCc2c3n(c4c(-c5c(C)nn(C)c5C)c(Cl)ccc24)[C@H](C)CN(c2ccc4c(C(=O)O)nn(C)c4c2)C3=O)cc(C)c1Cl. The third-order valence-corrected chi connectivity index (χ3v) is 10.8. The van der Waals surface area contributed by atoms with Crippen molar-refractivity contribution in [2.75, 3.05) is 18.1 Å². The summed E-state index contributed by atoms with van der Waals surface area (Å²) in [6, 6.07) is 13.1. The molecular formula is C38H38Cl2N6O4. The first-order chi connectivity index (χ1) is 23.8. The topological polar surface area (TPSA) is 107 Å². The number of benzene rings is 3. The largest absolute Gasteiger partial charge is 0.494 e. The molecule has 12 heteroatoms. The molecule has 10 nitrogen and oxygen atoms in total. The van der Waals surface area contributed by atoms with Gasteiger partial charge in [-0.05, 0) is 101 Å². The normalized spacial score (nSPS) is 14.6. The van der Waals surface area contributed by atoms with Crippen LogP contribution in [0.4, 0.5) is 5.69 Å². The first-order valence-corrected chi connectivity index (χ1v) is 17.3. The van der Waals surface area contributed by atoms with E-state index in [4.69, 9.17) is 33.0 Å². The van der Waals surface area contributed by atoms with E-state index in [1.54, 1.807) is 28.8 Å². The number of rotatable bonds is 8. The third-order valence-electron chi connectivity index (χ3n) is 9.91. The smallest absolute Gasteiger partial charge is 0.357 e. The molecule has 1 N–H and O–H groups in total. The summed E-state index contributed by atoms with van der Waals surface area (Å²) in [4.78, 5) is 28.4. The minimum Gasteiger partial charge on any atom is -0.494 e. The van der Waals surface area contributed by atoms with Crippen LogP contribution < -0.4 is 9.64 Å². The molecule has 3 aromatic heterocycles. The highest BCUT2D eigenvalue weighted by atomic mass is 35.5. The highest BCUT2D eigenvalue weighted by Gasteiger charge is 2.37. The van der Waals surface area contributed by atoms with Gasteiger partial charge in [0.2, 0.25) is 0 Å². The minimum atomic E-state index is -1.10. The van der Waals surface area contributed by atoms with Gasteiger partial charge in [0.25, 0.3) is 5.91 Å². The molecule has 0 fully saturated rings.